The lowest BCUT2D eigenvalue weighted by Crippen LogP contribution is -2.43. The molecule has 2 unspecified atom stereocenters. The third-order valence-corrected chi connectivity index (χ3v) is 4.48. The van der Waals surface area contributed by atoms with Gasteiger partial charge in [0.15, 0.2) is 0 Å². The molecule has 0 radical (unpaired) electrons. The molecule has 1 N–H and O–H groups in total. The normalized spacial score (nSPS) is 21.9. The van der Waals surface area contributed by atoms with Crippen LogP contribution in [0.3, 0.4) is 0 Å². The van der Waals surface area contributed by atoms with Crippen LogP contribution < -0.4 is 5.32 Å². The van der Waals surface area contributed by atoms with Gasteiger partial charge in [0.05, 0.1) is 0 Å². The van der Waals surface area contributed by atoms with E-state index in [0.717, 1.165) is 18.1 Å². The van der Waals surface area contributed by atoms with Crippen LogP contribution in [0.5, 0.6) is 0 Å². The van der Waals surface area contributed by atoms with Gasteiger partial charge in [-0.05, 0) is 57.0 Å². The summed E-state index contributed by atoms with van der Waals surface area (Å²) >= 11 is 5.96. The van der Waals surface area contributed by atoms with Crippen LogP contribution in [0.2, 0.25) is 5.02 Å². The Morgan fingerprint density at radius 2 is 2.05 bits per heavy atom. The van der Waals surface area contributed by atoms with Crippen LogP contribution in [0, 0.1) is 0 Å². The predicted molar refractivity (Wildman–Crippen MR) is 87.3 cm³/mol. The van der Waals surface area contributed by atoms with Gasteiger partial charge in [-0.25, -0.2) is 0 Å². The topological polar surface area (TPSA) is 15.3 Å². The van der Waals surface area contributed by atoms with E-state index in [4.69, 9.17) is 11.6 Å². The highest BCUT2D eigenvalue weighted by molar-refractivity contribution is 6.30. The Labute approximate surface area is 128 Å². The van der Waals surface area contributed by atoms with Gasteiger partial charge < -0.3 is 5.32 Å². The van der Waals surface area contributed by atoms with Crippen molar-refractivity contribution in [2.45, 2.75) is 58.2 Å². The lowest BCUT2D eigenvalue weighted by molar-refractivity contribution is 0.124. The Bertz CT molecular complexity index is 390. The van der Waals surface area contributed by atoms with Gasteiger partial charge >= 0.3 is 0 Å². The summed E-state index contributed by atoms with van der Waals surface area (Å²) in [6.45, 7) is 7.83. The molecule has 1 fully saturated rings. The number of likely N-dealkylation sites (tertiary alicyclic amines) is 1. The molecule has 2 nitrogen and oxygen atoms in total. The quantitative estimate of drug-likeness (QED) is 0.850. The molecule has 2 atom stereocenters. The Hall–Kier alpha value is -0.570. The fourth-order valence-electron chi connectivity index (χ4n) is 3.20. The van der Waals surface area contributed by atoms with Gasteiger partial charge in [-0.3, -0.25) is 4.90 Å². The van der Waals surface area contributed by atoms with E-state index in [2.05, 4.69) is 36.2 Å². The third kappa shape index (κ3) is 4.76. The van der Waals surface area contributed by atoms with Crippen LogP contribution in [0.15, 0.2) is 24.3 Å². The zero-order valence-electron chi connectivity index (χ0n) is 12.7. The van der Waals surface area contributed by atoms with E-state index in [1.54, 1.807) is 0 Å². The second-order valence-electron chi connectivity index (χ2n) is 5.94. The molecule has 1 heterocycles. The van der Waals surface area contributed by atoms with Crippen molar-refractivity contribution < 1.29 is 0 Å². The molecule has 0 bridgehead atoms. The van der Waals surface area contributed by atoms with Crippen molar-refractivity contribution in [3.63, 3.8) is 0 Å². The van der Waals surface area contributed by atoms with Gasteiger partial charge in [0, 0.05) is 23.7 Å². The number of benzene rings is 1. The van der Waals surface area contributed by atoms with Crippen LogP contribution in [-0.4, -0.2) is 30.1 Å². The summed E-state index contributed by atoms with van der Waals surface area (Å²) in [7, 11) is 0. The number of halogens is 1. The van der Waals surface area contributed by atoms with Crippen molar-refractivity contribution in [1.29, 1.82) is 0 Å². The molecular weight excluding hydrogens is 268 g/mol. The van der Waals surface area contributed by atoms with Crippen molar-refractivity contribution in [3.8, 4) is 0 Å². The third-order valence-electron chi connectivity index (χ3n) is 4.23. The first-order valence-corrected chi connectivity index (χ1v) is 8.28. The van der Waals surface area contributed by atoms with Crippen LogP contribution in [0.25, 0.3) is 0 Å². The zero-order valence-corrected chi connectivity index (χ0v) is 13.5. The summed E-state index contributed by atoms with van der Waals surface area (Å²) in [6, 6.07) is 9.63. The highest BCUT2D eigenvalue weighted by Crippen LogP contribution is 2.23. The van der Waals surface area contributed by atoms with Gasteiger partial charge in [0.1, 0.15) is 0 Å². The molecular formula is C17H27ClN2. The molecule has 1 aliphatic heterocycles. The summed E-state index contributed by atoms with van der Waals surface area (Å²) in [4.78, 5) is 2.65. The molecule has 0 aliphatic carbocycles. The molecule has 0 spiro atoms. The Balaban J connectivity index is 1.94. The summed E-state index contributed by atoms with van der Waals surface area (Å²) in [5, 5.41) is 4.36. The van der Waals surface area contributed by atoms with Crippen molar-refractivity contribution >= 4 is 11.6 Å². The molecule has 1 aromatic carbocycles. The Morgan fingerprint density at radius 3 is 2.75 bits per heavy atom. The van der Waals surface area contributed by atoms with E-state index in [-0.39, 0.29) is 0 Å². The van der Waals surface area contributed by atoms with Crippen molar-refractivity contribution in [2.24, 2.45) is 0 Å². The largest absolute Gasteiger partial charge is 0.314 e. The molecule has 20 heavy (non-hydrogen) atoms. The van der Waals surface area contributed by atoms with Gasteiger partial charge in [-0.15, -0.1) is 0 Å². The smallest absolute Gasteiger partial charge is 0.0406 e. The van der Waals surface area contributed by atoms with Gasteiger partial charge in [-0.2, -0.15) is 0 Å². The maximum absolute atomic E-state index is 5.96. The molecule has 0 saturated carbocycles. The number of rotatable bonds is 6. The number of nitrogens with zero attached hydrogens (tertiary/aromatic N) is 1. The first-order chi connectivity index (χ1) is 9.69. The highest BCUT2D eigenvalue weighted by atomic mass is 35.5. The second kappa shape index (κ2) is 8.02. The molecule has 112 valence electrons. The number of hydrogen-bond donors (Lipinski definition) is 1. The minimum Gasteiger partial charge on any atom is -0.314 e. The monoisotopic (exact) mass is 294 g/mol. The van der Waals surface area contributed by atoms with Crippen LogP contribution in [0.4, 0.5) is 0 Å². The Morgan fingerprint density at radius 1 is 1.30 bits per heavy atom. The van der Waals surface area contributed by atoms with E-state index >= 15 is 0 Å². The molecule has 1 saturated heterocycles. The summed E-state index contributed by atoms with van der Waals surface area (Å²) in [5.41, 5.74) is 1.37. The molecule has 1 aliphatic rings. The maximum atomic E-state index is 5.96. The molecule has 2 rings (SSSR count). The van der Waals surface area contributed by atoms with Crippen molar-refractivity contribution in [1.82, 2.24) is 10.2 Å². The number of hydrogen-bond acceptors (Lipinski definition) is 2. The highest BCUT2D eigenvalue weighted by Gasteiger charge is 2.23. The van der Waals surface area contributed by atoms with Crippen molar-refractivity contribution in [3.05, 3.63) is 34.9 Å². The molecule has 3 heteroatoms. The predicted octanol–water partition coefficient (Wildman–Crippen LogP) is 4.08. The summed E-state index contributed by atoms with van der Waals surface area (Å²) < 4.78 is 0. The maximum Gasteiger partial charge on any atom is 0.0406 e. The zero-order chi connectivity index (χ0) is 14.4. The van der Waals surface area contributed by atoms with E-state index in [9.17, 15) is 0 Å². The van der Waals surface area contributed by atoms with E-state index in [1.807, 2.05) is 12.1 Å². The van der Waals surface area contributed by atoms with Crippen molar-refractivity contribution in [2.75, 3.05) is 13.1 Å². The minimum atomic E-state index is 0.607. The lowest BCUT2D eigenvalue weighted by Gasteiger charge is -2.37. The first-order valence-electron chi connectivity index (χ1n) is 7.91. The second-order valence-corrected chi connectivity index (χ2v) is 6.38. The number of piperidine rings is 1. The SMILES string of the molecule is CCNC(C)CC1CCCCN1Cc1ccc(Cl)cc1. The minimum absolute atomic E-state index is 0.607. The van der Waals surface area contributed by atoms with E-state index < -0.39 is 0 Å². The van der Waals surface area contributed by atoms with Gasteiger partial charge in [0.25, 0.3) is 0 Å². The Kier molecular flexibility index (Phi) is 6.34. The molecule has 0 aromatic heterocycles. The lowest BCUT2D eigenvalue weighted by atomic mass is 9.95. The summed E-state index contributed by atoms with van der Waals surface area (Å²) in [5.74, 6) is 0. The average molecular weight is 295 g/mol. The van der Waals surface area contributed by atoms with Crippen LogP contribution >= 0.6 is 11.6 Å². The summed E-state index contributed by atoms with van der Waals surface area (Å²) in [6.07, 6.45) is 5.30. The van der Waals surface area contributed by atoms with E-state index in [0.29, 0.717) is 12.1 Å². The van der Waals surface area contributed by atoms with Crippen LogP contribution in [0.1, 0.15) is 45.1 Å². The fraction of sp³-hybridized carbons (Fsp3) is 0.647. The van der Waals surface area contributed by atoms with Crippen LogP contribution in [-0.2, 0) is 6.54 Å². The van der Waals surface area contributed by atoms with E-state index in [1.165, 1.54) is 37.8 Å². The fourth-order valence-corrected chi connectivity index (χ4v) is 3.33. The van der Waals surface area contributed by atoms with Gasteiger partial charge in [0.2, 0.25) is 0 Å². The van der Waals surface area contributed by atoms with Gasteiger partial charge in [-0.1, -0.05) is 37.1 Å². The average Bonchev–Trinajstić information content (AvgIpc) is 2.44. The first kappa shape index (κ1) is 15.8. The standard InChI is InChI=1S/C17H27ClN2/c1-3-19-14(2)12-17-6-4-5-11-20(17)13-15-7-9-16(18)10-8-15/h7-10,14,17,19H,3-6,11-13H2,1-2H3. The molecule has 0 amide bonds. The number of nitrogens with one attached hydrogen (secondary N) is 1. The molecule has 1 aromatic rings.